The summed E-state index contributed by atoms with van der Waals surface area (Å²) in [4.78, 5) is 0. The number of thioether (sulfide) groups is 2. The van der Waals surface area contributed by atoms with Crippen LogP contribution in [0.1, 0.15) is 6.42 Å². The van der Waals surface area contributed by atoms with Crippen molar-refractivity contribution >= 4 is 39.5 Å². The summed E-state index contributed by atoms with van der Waals surface area (Å²) >= 11 is 7.24. The third-order valence-corrected chi connectivity index (χ3v) is 3.82. The van der Waals surface area contributed by atoms with Crippen molar-refractivity contribution in [3.63, 3.8) is 0 Å². The molecule has 1 aliphatic rings. The van der Waals surface area contributed by atoms with Gasteiger partial charge in [0.15, 0.2) is 0 Å². The maximum Gasteiger partial charge on any atom is 0.0593 e. The number of alkyl halides is 1. The van der Waals surface area contributed by atoms with Crippen molar-refractivity contribution in [3.8, 4) is 0 Å². The van der Waals surface area contributed by atoms with Crippen LogP contribution in [0.5, 0.6) is 0 Å². The second-order valence-corrected chi connectivity index (χ2v) is 4.77. The lowest BCUT2D eigenvalue weighted by atomic mass is 10.6. The molecule has 0 aromatic rings. The third-order valence-electron chi connectivity index (χ3n) is 0.861. The fraction of sp³-hybridized carbons (Fsp3) is 0.600. The summed E-state index contributed by atoms with van der Waals surface area (Å²) in [6, 6.07) is 0. The zero-order valence-electron chi connectivity index (χ0n) is 4.34. The second kappa shape index (κ2) is 3.85. The van der Waals surface area contributed by atoms with E-state index in [1.807, 2.05) is 23.5 Å². The standard InChI is InChI=1S/C5H7BrS2/c6-2-1-5-7-3-4-8-5/h3-5H,1-2H2. The minimum Gasteiger partial charge on any atom is -0.119 e. The van der Waals surface area contributed by atoms with Crippen molar-refractivity contribution < 1.29 is 0 Å². The monoisotopic (exact) mass is 210 g/mol. The van der Waals surface area contributed by atoms with E-state index in [2.05, 4.69) is 26.7 Å². The van der Waals surface area contributed by atoms with E-state index in [1.54, 1.807) is 0 Å². The third kappa shape index (κ3) is 2.03. The van der Waals surface area contributed by atoms with Gasteiger partial charge in [-0.1, -0.05) is 15.9 Å². The van der Waals surface area contributed by atoms with Crippen molar-refractivity contribution in [2.45, 2.75) is 11.0 Å². The van der Waals surface area contributed by atoms with E-state index in [0.29, 0.717) is 0 Å². The molecule has 1 rings (SSSR count). The Morgan fingerprint density at radius 1 is 1.38 bits per heavy atom. The van der Waals surface area contributed by atoms with Crippen LogP contribution in [0.15, 0.2) is 10.8 Å². The largest absolute Gasteiger partial charge is 0.119 e. The zero-order chi connectivity index (χ0) is 5.82. The minimum atomic E-state index is 0.786. The normalized spacial score (nSPS) is 20.1. The van der Waals surface area contributed by atoms with Gasteiger partial charge < -0.3 is 0 Å². The summed E-state index contributed by atoms with van der Waals surface area (Å²) in [6.45, 7) is 0. The van der Waals surface area contributed by atoms with E-state index < -0.39 is 0 Å². The van der Waals surface area contributed by atoms with Gasteiger partial charge in [-0.2, -0.15) is 0 Å². The molecule has 0 spiro atoms. The first-order chi connectivity index (χ1) is 3.93. The molecule has 0 atom stereocenters. The first-order valence-electron chi connectivity index (χ1n) is 2.45. The van der Waals surface area contributed by atoms with Crippen molar-refractivity contribution in [1.82, 2.24) is 0 Å². The smallest absolute Gasteiger partial charge is 0.0593 e. The van der Waals surface area contributed by atoms with Gasteiger partial charge in [0, 0.05) is 5.33 Å². The number of hydrogen-bond acceptors (Lipinski definition) is 2. The van der Waals surface area contributed by atoms with E-state index in [-0.39, 0.29) is 0 Å². The number of hydrogen-bond donors (Lipinski definition) is 0. The van der Waals surface area contributed by atoms with Crippen LogP contribution in [0.3, 0.4) is 0 Å². The average Bonchev–Trinajstić information content (AvgIpc) is 2.19. The summed E-state index contributed by atoms with van der Waals surface area (Å²) in [6.07, 6.45) is 1.27. The number of halogens is 1. The minimum absolute atomic E-state index is 0.786. The average molecular weight is 211 g/mol. The molecule has 3 heteroatoms. The van der Waals surface area contributed by atoms with E-state index >= 15 is 0 Å². The molecule has 0 saturated heterocycles. The Balaban J connectivity index is 2.10. The van der Waals surface area contributed by atoms with Crippen molar-refractivity contribution in [2.75, 3.05) is 5.33 Å². The van der Waals surface area contributed by atoms with Gasteiger partial charge in [0.2, 0.25) is 0 Å². The number of rotatable bonds is 2. The van der Waals surface area contributed by atoms with Crippen LogP contribution in [0.25, 0.3) is 0 Å². The summed E-state index contributed by atoms with van der Waals surface area (Å²) < 4.78 is 0.786. The van der Waals surface area contributed by atoms with E-state index in [4.69, 9.17) is 0 Å². The Bertz CT molecular complexity index is 84.4. The Morgan fingerprint density at radius 2 is 2.00 bits per heavy atom. The summed E-state index contributed by atoms with van der Waals surface area (Å²) in [5.41, 5.74) is 0. The van der Waals surface area contributed by atoms with Gasteiger partial charge in [0.05, 0.1) is 4.58 Å². The Morgan fingerprint density at radius 3 is 2.50 bits per heavy atom. The molecule has 0 aliphatic carbocycles. The Kier molecular flexibility index (Phi) is 3.39. The van der Waals surface area contributed by atoms with Crippen LogP contribution in [0, 0.1) is 0 Å². The van der Waals surface area contributed by atoms with Crippen LogP contribution >= 0.6 is 39.5 Å². The summed E-state index contributed by atoms with van der Waals surface area (Å²) in [5, 5.41) is 5.45. The van der Waals surface area contributed by atoms with Gasteiger partial charge in [0.25, 0.3) is 0 Å². The maximum atomic E-state index is 3.40. The molecule has 1 aliphatic heterocycles. The molecule has 0 aromatic carbocycles. The lowest BCUT2D eigenvalue weighted by Crippen LogP contribution is -1.90. The fourth-order valence-electron chi connectivity index (χ4n) is 0.497. The highest BCUT2D eigenvalue weighted by molar-refractivity contribution is 9.09. The van der Waals surface area contributed by atoms with Crippen molar-refractivity contribution in [3.05, 3.63) is 10.8 Å². The molecule has 1 heterocycles. The fourth-order valence-corrected chi connectivity index (χ4v) is 3.57. The quantitative estimate of drug-likeness (QED) is 0.644. The van der Waals surface area contributed by atoms with Gasteiger partial charge >= 0.3 is 0 Å². The SMILES string of the molecule is BrCCC1SC=CS1. The van der Waals surface area contributed by atoms with Crippen LogP contribution in [-0.4, -0.2) is 9.91 Å². The predicted molar refractivity (Wildman–Crippen MR) is 46.5 cm³/mol. The molecule has 8 heavy (non-hydrogen) atoms. The summed E-state index contributed by atoms with van der Waals surface area (Å²) in [7, 11) is 0. The zero-order valence-corrected chi connectivity index (χ0v) is 7.56. The second-order valence-electron chi connectivity index (χ2n) is 1.45. The van der Waals surface area contributed by atoms with Gasteiger partial charge in [-0.3, -0.25) is 0 Å². The molecule has 0 amide bonds. The lowest BCUT2D eigenvalue weighted by Gasteiger charge is -2.01. The highest BCUT2D eigenvalue weighted by Crippen LogP contribution is 2.35. The van der Waals surface area contributed by atoms with Crippen molar-refractivity contribution in [2.24, 2.45) is 0 Å². The summed E-state index contributed by atoms with van der Waals surface area (Å²) in [5.74, 6) is 0. The van der Waals surface area contributed by atoms with Gasteiger partial charge in [0.1, 0.15) is 0 Å². The first kappa shape index (κ1) is 7.03. The van der Waals surface area contributed by atoms with Crippen LogP contribution in [0.4, 0.5) is 0 Å². The van der Waals surface area contributed by atoms with E-state index in [1.165, 1.54) is 6.42 Å². The Hall–Kier alpha value is 0.920. The Labute approximate surface area is 66.6 Å². The molecular weight excluding hydrogens is 204 g/mol. The molecule has 46 valence electrons. The van der Waals surface area contributed by atoms with Crippen LogP contribution in [0.2, 0.25) is 0 Å². The molecule has 0 aromatic heterocycles. The predicted octanol–water partition coefficient (Wildman–Crippen LogP) is 3.05. The molecule has 0 bridgehead atoms. The molecule has 0 unspecified atom stereocenters. The molecular formula is C5H7BrS2. The first-order valence-corrected chi connectivity index (χ1v) is 5.46. The topological polar surface area (TPSA) is 0 Å². The molecule has 0 saturated carbocycles. The molecule has 0 fully saturated rings. The highest BCUT2D eigenvalue weighted by atomic mass is 79.9. The van der Waals surface area contributed by atoms with Crippen LogP contribution < -0.4 is 0 Å². The van der Waals surface area contributed by atoms with Crippen molar-refractivity contribution in [1.29, 1.82) is 0 Å². The lowest BCUT2D eigenvalue weighted by molar-refractivity contribution is 1.09. The van der Waals surface area contributed by atoms with Gasteiger partial charge in [-0.15, -0.1) is 23.5 Å². The van der Waals surface area contributed by atoms with Gasteiger partial charge in [-0.25, -0.2) is 0 Å². The van der Waals surface area contributed by atoms with E-state index in [9.17, 15) is 0 Å². The molecule has 0 radical (unpaired) electrons. The molecule has 0 nitrogen and oxygen atoms in total. The van der Waals surface area contributed by atoms with E-state index in [0.717, 1.165) is 9.91 Å². The maximum absolute atomic E-state index is 3.40. The van der Waals surface area contributed by atoms with Gasteiger partial charge in [-0.05, 0) is 17.2 Å². The highest BCUT2D eigenvalue weighted by Gasteiger charge is 2.09. The van der Waals surface area contributed by atoms with Crippen LogP contribution in [-0.2, 0) is 0 Å². The molecule has 0 N–H and O–H groups in total.